The van der Waals surface area contributed by atoms with Gasteiger partial charge in [-0.1, -0.05) is 0 Å². The zero-order valence-electron chi connectivity index (χ0n) is 23.2. The molecule has 0 saturated heterocycles. The Kier molecular flexibility index (Phi) is 13.7. The second kappa shape index (κ2) is 14.5. The minimum atomic E-state index is -0.877. The monoisotopic (exact) mass is 502 g/mol. The molecule has 10 nitrogen and oxygen atoms in total. The molecule has 0 bridgehead atoms. The number of hydrogen-bond donors (Lipinski definition) is 2. The SMILES string of the molecule is CC(=O)C[C@H](NCCOCCN[C@@H](CC(=O)OC(C)(C)C)C(=O)OC(C)(C)C)C(=O)OC(C)(C)C. The Morgan fingerprint density at radius 3 is 1.34 bits per heavy atom. The lowest BCUT2D eigenvalue weighted by Crippen LogP contribution is -2.45. The van der Waals surface area contributed by atoms with Gasteiger partial charge >= 0.3 is 17.9 Å². The number of hydrogen-bond acceptors (Lipinski definition) is 10. The summed E-state index contributed by atoms with van der Waals surface area (Å²) in [5, 5.41) is 5.98. The third-order valence-corrected chi connectivity index (χ3v) is 3.94. The second-order valence-electron chi connectivity index (χ2n) is 11.4. The molecule has 0 saturated carbocycles. The molecule has 0 aromatic heterocycles. The summed E-state index contributed by atoms with van der Waals surface area (Å²) in [6, 6.07) is -1.63. The van der Waals surface area contributed by atoms with Gasteiger partial charge in [-0.15, -0.1) is 0 Å². The first kappa shape index (κ1) is 33.0. The van der Waals surface area contributed by atoms with Crippen LogP contribution >= 0.6 is 0 Å². The fourth-order valence-corrected chi connectivity index (χ4v) is 2.77. The van der Waals surface area contributed by atoms with E-state index < -0.39 is 46.8 Å². The standard InChI is InChI=1S/C25H46N2O8/c1-17(28)15-18(21(30)34-24(5,6)7)26-11-13-32-14-12-27-19(22(31)35-25(8,9)10)16-20(29)33-23(2,3)4/h18-19,26-27H,11-16H2,1-10H3/t18-,19-/m0/s1. The number of ether oxygens (including phenoxy) is 4. The minimum absolute atomic E-state index is 0.0265. The van der Waals surface area contributed by atoms with Gasteiger partial charge in [0.15, 0.2) is 0 Å². The van der Waals surface area contributed by atoms with E-state index in [1.165, 1.54) is 6.92 Å². The highest BCUT2D eigenvalue weighted by atomic mass is 16.6. The zero-order valence-corrected chi connectivity index (χ0v) is 23.2. The number of carbonyl (C=O) groups is 4. The number of nitrogens with one attached hydrogen (secondary N) is 2. The van der Waals surface area contributed by atoms with Gasteiger partial charge in [0.25, 0.3) is 0 Å². The minimum Gasteiger partial charge on any atom is -0.460 e. The van der Waals surface area contributed by atoms with E-state index in [-0.39, 0.29) is 38.4 Å². The summed E-state index contributed by atoms with van der Waals surface area (Å²) in [6.07, 6.45) is -0.144. The first-order valence-corrected chi connectivity index (χ1v) is 12.0. The van der Waals surface area contributed by atoms with Crippen LogP contribution in [0.1, 0.15) is 82.1 Å². The van der Waals surface area contributed by atoms with Crippen molar-refractivity contribution in [3.05, 3.63) is 0 Å². The van der Waals surface area contributed by atoms with Crippen molar-refractivity contribution in [2.75, 3.05) is 26.3 Å². The number of Topliss-reactive ketones (excluding diaryl/α,β-unsaturated/α-hetero) is 1. The largest absolute Gasteiger partial charge is 0.460 e. The van der Waals surface area contributed by atoms with Gasteiger partial charge in [-0.05, 0) is 69.2 Å². The summed E-state index contributed by atoms with van der Waals surface area (Å²) < 4.78 is 21.6. The van der Waals surface area contributed by atoms with E-state index in [0.29, 0.717) is 6.54 Å². The molecule has 0 spiro atoms. The van der Waals surface area contributed by atoms with Crippen LogP contribution in [-0.4, -0.2) is 78.9 Å². The van der Waals surface area contributed by atoms with Crippen molar-refractivity contribution in [2.45, 2.75) is 111 Å². The highest BCUT2D eigenvalue weighted by molar-refractivity contribution is 5.85. The van der Waals surface area contributed by atoms with E-state index in [9.17, 15) is 19.2 Å². The van der Waals surface area contributed by atoms with Crippen LogP contribution in [0, 0.1) is 0 Å². The lowest BCUT2D eigenvalue weighted by Gasteiger charge is -2.26. The van der Waals surface area contributed by atoms with Gasteiger partial charge in [0.2, 0.25) is 0 Å². The van der Waals surface area contributed by atoms with E-state index in [2.05, 4.69) is 10.6 Å². The van der Waals surface area contributed by atoms with Crippen LogP contribution in [0.3, 0.4) is 0 Å². The predicted octanol–water partition coefficient (Wildman–Crippen LogP) is 2.31. The van der Waals surface area contributed by atoms with Gasteiger partial charge in [0.05, 0.1) is 19.6 Å². The van der Waals surface area contributed by atoms with Gasteiger partial charge in [-0.3, -0.25) is 19.2 Å². The molecule has 0 radical (unpaired) electrons. The van der Waals surface area contributed by atoms with Gasteiger partial charge in [-0.2, -0.15) is 0 Å². The Labute approximate surface area is 210 Å². The van der Waals surface area contributed by atoms with Crippen LogP contribution in [-0.2, 0) is 38.1 Å². The topological polar surface area (TPSA) is 129 Å². The molecule has 2 atom stereocenters. The normalized spacial score (nSPS) is 14.1. The molecule has 0 unspecified atom stereocenters. The lowest BCUT2D eigenvalue weighted by atomic mass is 10.1. The third kappa shape index (κ3) is 18.9. The van der Waals surface area contributed by atoms with Crippen molar-refractivity contribution in [2.24, 2.45) is 0 Å². The molecule has 0 aromatic rings. The van der Waals surface area contributed by atoms with Crippen molar-refractivity contribution >= 4 is 23.7 Å². The molecule has 0 rings (SSSR count). The quantitative estimate of drug-likeness (QED) is 0.207. The summed E-state index contributed by atoms with van der Waals surface area (Å²) in [5.41, 5.74) is -2.01. The zero-order chi connectivity index (χ0) is 27.4. The van der Waals surface area contributed by atoms with E-state index in [1.807, 2.05) is 0 Å². The Bertz CT molecular complexity index is 702. The Balaban J connectivity index is 4.65. The molecule has 0 fully saturated rings. The van der Waals surface area contributed by atoms with E-state index in [4.69, 9.17) is 18.9 Å². The van der Waals surface area contributed by atoms with Crippen LogP contribution < -0.4 is 10.6 Å². The summed E-state index contributed by atoms with van der Waals surface area (Å²) in [5.74, 6) is -1.67. The molecule has 0 heterocycles. The molecule has 204 valence electrons. The third-order valence-electron chi connectivity index (χ3n) is 3.94. The van der Waals surface area contributed by atoms with E-state index in [1.54, 1.807) is 62.3 Å². The van der Waals surface area contributed by atoms with Gasteiger partial charge < -0.3 is 29.6 Å². The van der Waals surface area contributed by atoms with Gasteiger partial charge in [0, 0.05) is 19.5 Å². The maximum Gasteiger partial charge on any atom is 0.324 e. The molecule has 0 amide bonds. The Hall–Kier alpha value is -2.04. The van der Waals surface area contributed by atoms with Crippen LogP contribution in [0.25, 0.3) is 0 Å². The van der Waals surface area contributed by atoms with Crippen molar-refractivity contribution in [1.29, 1.82) is 0 Å². The lowest BCUT2D eigenvalue weighted by molar-refractivity contribution is -0.164. The predicted molar refractivity (Wildman–Crippen MR) is 132 cm³/mol. The number of rotatable bonds is 14. The van der Waals surface area contributed by atoms with Crippen LogP contribution in [0.2, 0.25) is 0 Å². The summed E-state index contributed by atoms with van der Waals surface area (Å²) >= 11 is 0. The molecule has 0 aliphatic heterocycles. The maximum absolute atomic E-state index is 12.5. The van der Waals surface area contributed by atoms with E-state index >= 15 is 0 Å². The fraction of sp³-hybridized carbons (Fsp3) is 0.840. The average Bonchev–Trinajstić information content (AvgIpc) is 2.60. The van der Waals surface area contributed by atoms with Gasteiger partial charge in [0.1, 0.15) is 34.7 Å². The number of ketones is 1. The van der Waals surface area contributed by atoms with Crippen LogP contribution in [0.5, 0.6) is 0 Å². The second-order valence-corrected chi connectivity index (χ2v) is 11.4. The van der Waals surface area contributed by atoms with Crippen molar-refractivity contribution < 1.29 is 38.1 Å². The first-order valence-electron chi connectivity index (χ1n) is 12.0. The molecular weight excluding hydrogens is 456 g/mol. The molecular formula is C25H46N2O8. The summed E-state index contributed by atoms with van der Waals surface area (Å²) in [7, 11) is 0. The average molecular weight is 503 g/mol. The molecule has 10 heteroatoms. The Morgan fingerprint density at radius 1 is 0.629 bits per heavy atom. The first-order chi connectivity index (χ1) is 15.8. The molecule has 0 aromatic carbocycles. The molecule has 0 aliphatic carbocycles. The maximum atomic E-state index is 12.5. The van der Waals surface area contributed by atoms with Crippen molar-refractivity contribution in [3.8, 4) is 0 Å². The fourth-order valence-electron chi connectivity index (χ4n) is 2.77. The highest BCUT2D eigenvalue weighted by Gasteiger charge is 2.29. The summed E-state index contributed by atoms with van der Waals surface area (Å²) in [4.78, 5) is 48.6. The van der Waals surface area contributed by atoms with Gasteiger partial charge in [-0.25, -0.2) is 0 Å². The molecule has 35 heavy (non-hydrogen) atoms. The summed E-state index contributed by atoms with van der Waals surface area (Å²) in [6.45, 7) is 18.4. The van der Waals surface area contributed by atoms with Crippen molar-refractivity contribution in [3.63, 3.8) is 0 Å². The smallest absolute Gasteiger partial charge is 0.324 e. The van der Waals surface area contributed by atoms with Crippen LogP contribution in [0.15, 0.2) is 0 Å². The Morgan fingerprint density at radius 2 is 1.00 bits per heavy atom. The highest BCUT2D eigenvalue weighted by Crippen LogP contribution is 2.13. The number of carbonyl (C=O) groups excluding carboxylic acids is 4. The van der Waals surface area contributed by atoms with Crippen molar-refractivity contribution in [1.82, 2.24) is 10.6 Å². The molecule has 0 aliphatic rings. The van der Waals surface area contributed by atoms with Crippen LogP contribution in [0.4, 0.5) is 0 Å². The number of esters is 3. The van der Waals surface area contributed by atoms with E-state index in [0.717, 1.165) is 0 Å². The molecule has 2 N–H and O–H groups in total.